The summed E-state index contributed by atoms with van der Waals surface area (Å²) in [6, 6.07) is 24.0. The molecule has 2 heterocycles. The number of aromatic nitrogens is 2. The fourth-order valence-corrected chi connectivity index (χ4v) is 7.58. The number of phenolic OH excluding ortho intramolecular Hbond substituents is 1. The first-order chi connectivity index (χ1) is 23.1. The number of Topliss-reactive ketones (excluding diaryl/α,β-unsaturated/α-hetero) is 1. The molecule has 1 amide bonds. The van der Waals surface area contributed by atoms with Gasteiger partial charge in [0.25, 0.3) is 5.78 Å². The number of hydrogen-bond donors (Lipinski definition) is 2. The average molecular weight is 765 g/mol. The number of phenols is 1. The minimum absolute atomic E-state index is 0.108. The molecule has 0 spiro atoms. The van der Waals surface area contributed by atoms with Crippen LogP contribution in [0.15, 0.2) is 99.3 Å². The van der Waals surface area contributed by atoms with Crippen molar-refractivity contribution in [3.8, 4) is 17.2 Å². The number of hydrogen-bond acceptors (Lipinski definition) is 10. The second-order valence-electron chi connectivity index (χ2n) is 10.8. The molecule has 1 fully saturated rings. The highest BCUT2D eigenvalue weighted by Gasteiger charge is 2.48. The van der Waals surface area contributed by atoms with E-state index < -0.39 is 17.7 Å². The van der Waals surface area contributed by atoms with Gasteiger partial charge in [0.1, 0.15) is 18.1 Å². The van der Waals surface area contributed by atoms with Crippen LogP contribution in [0.1, 0.15) is 33.9 Å². The molecule has 1 aliphatic heterocycles. The van der Waals surface area contributed by atoms with Crippen molar-refractivity contribution < 1.29 is 29.3 Å². The quantitative estimate of drug-likeness (QED) is 0.0474. The standard InChI is InChI=1S/C35H27BrClN3O6S2/c1-19-4-3-5-21(14-19)17-46-25-12-8-22(9-13-25)30(41)28-29(23-15-26(36)31(42)27(16-23)45-2)40(33(44)32(28)43)34-38-39-35(48-34)47-18-20-6-10-24(37)11-7-20/h3-16,29,41-42H,17-18H2,1-2H3. The zero-order chi connectivity index (χ0) is 33.9. The molecule has 4 aromatic carbocycles. The predicted molar refractivity (Wildman–Crippen MR) is 190 cm³/mol. The van der Waals surface area contributed by atoms with E-state index in [1.54, 1.807) is 42.5 Å². The van der Waals surface area contributed by atoms with Crippen LogP contribution in [-0.2, 0) is 21.9 Å². The minimum atomic E-state index is -1.12. The Kier molecular flexibility index (Phi) is 10.1. The number of rotatable bonds is 10. The highest BCUT2D eigenvalue weighted by atomic mass is 79.9. The van der Waals surface area contributed by atoms with Gasteiger partial charge in [-0.1, -0.05) is 76.7 Å². The number of aryl methyl sites for hydroxylation is 1. The highest BCUT2D eigenvalue weighted by molar-refractivity contribution is 9.10. The maximum absolute atomic E-state index is 13.7. The number of aromatic hydroxyl groups is 1. The fourth-order valence-electron chi connectivity index (χ4n) is 5.17. The third-order valence-electron chi connectivity index (χ3n) is 7.52. The van der Waals surface area contributed by atoms with E-state index in [9.17, 15) is 19.8 Å². The number of nitrogens with zero attached hydrogens (tertiary/aromatic N) is 3. The summed E-state index contributed by atoms with van der Waals surface area (Å²) in [7, 11) is 1.39. The van der Waals surface area contributed by atoms with Gasteiger partial charge in [-0.25, -0.2) is 0 Å². The van der Waals surface area contributed by atoms with Crippen LogP contribution in [0, 0.1) is 6.92 Å². The maximum Gasteiger partial charge on any atom is 0.301 e. The molecule has 0 aliphatic carbocycles. The summed E-state index contributed by atoms with van der Waals surface area (Å²) in [5.74, 6) is -1.06. The van der Waals surface area contributed by atoms with E-state index in [0.717, 1.165) is 28.0 Å². The van der Waals surface area contributed by atoms with E-state index in [0.29, 0.717) is 38.6 Å². The molecule has 6 rings (SSSR count). The van der Waals surface area contributed by atoms with E-state index in [1.165, 1.54) is 29.8 Å². The number of benzene rings is 4. The molecule has 2 N–H and O–H groups in total. The summed E-state index contributed by atoms with van der Waals surface area (Å²) < 4.78 is 12.1. The number of halogens is 2. The molecule has 1 unspecified atom stereocenters. The van der Waals surface area contributed by atoms with E-state index in [1.807, 2.05) is 43.3 Å². The Morgan fingerprint density at radius 3 is 2.48 bits per heavy atom. The third kappa shape index (κ3) is 7.07. The molecule has 1 saturated heterocycles. The predicted octanol–water partition coefficient (Wildman–Crippen LogP) is 8.47. The van der Waals surface area contributed by atoms with Crippen LogP contribution in [0.4, 0.5) is 5.13 Å². The lowest BCUT2D eigenvalue weighted by molar-refractivity contribution is -0.132. The van der Waals surface area contributed by atoms with Gasteiger partial charge in [-0.15, -0.1) is 10.2 Å². The lowest BCUT2D eigenvalue weighted by atomic mass is 9.95. The number of aliphatic hydroxyl groups is 1. The topological polar surface area (TPSA) is 122 Å². The maximum atomic E-state index is 13.7. The average Bonchev–Trinajstić information content (AvgIpc) is 3.66. The van der Waals surface area contributed by atoms with Crippen LogP contribution in [0.5, 0.6) is 17.2 Å². The van der Waals surface area contributed by atoms with E-state index in [-0.39, 0.29) is 32.4 Å². The molecule has 1 aromatic heterocycles. The third-order valence-corrected chi connectivity index (χ3v) is 10.5. The fraction of sp³-hybridized carbons (Fsp3) is 0.143. The van der Waals surface area contributed by atoms with E-state index in [2.05, 4.69) is 26.1 Å². The van der Waals surface area contributed by atoms with Gasteiger partial charge in [-0.2, -0.15) is 0 Å². The summed E-state index contributed by atoms with van der Waals surface area (Å²) in [5, 5.41) is 31.5. The zero-order valence-corrected chi connectivity index (χ0v) is 29.5. The number of aliphatic hydroxyl groups excluding tert-OH is 1. The SMILES string of the molecule is COc1cc(C2C(=C(O)c3ccc(OCc4cccc(C)c4)cc3)C(=O)C(=O)N2c2nnc(SCc3ccc(Cl)cc3)s2)cc(Br)c1O. The van der Waals surface area contributed by atoms with E-state index in [4.69, 9.17) is 21.1 Å². The number of methoxy groups -OCH3 is 1. The number of carbonyl (C=O) groups is 2. The molecule has 0 radical (unpaired) electrons. The van der Waals surface area contributed by atoms with Gasteiger partial charge in [0, 0.05) is 16.3 Å². The number of amides is 1. The smallest absolute Gasteiger partial charge is 0.301 e. The first-order valence-corrected chi connectivity index (χ1v) is 17.5. The molecule has 0 bridgehead atoms. The largest absolute Gasteiger partial charge is 0.507 e. The summed E-state index contributed by atoms with van der Waals surface area (Å²) in [5.41, 5.74) is 3.71. The molecule has 48 heavy (non-hydrogen) atoms. The van der Waals surface area contributed by atoms with Gasteiger partial charge in [0.2, 0.25) is 5.13 Å². The molecule has 0 saturated carbocycles. The Balaban J connectivity index is 1.34. The monoisotopic (exact) mass is 763 g/mol. The van der Waals surface area contributed by atoms with Crippen LogP contribution in [0.25, 0.3) is 5.76 Å². The first-order valence-electron chi connectivity index (χ1n) is 14.5. The second-order valence-corrected chi connectivity index (χ2v) is 14.3. The van der Waals surface area contributed by atoms with Crippen molar-refractivity contribution in [1.82, 2.24) is 10.2 Å². The van der Waals surface area contributed by atoms with Gasteiger partial charge < -0.3 is 19.7 Å². The van der Waals surface area contributed by atoms with Crippen LogP contribution >= 0.6 is 50.6 Å². The Morgan fingerprint density at radius 1 is 1.02 bits per heavy atom. The van der Waals surface area contributed by atoms with Crippen molar-refractivity contribution in [3.05, 3.63) is 128 Å². The van der Waals surface area contributed by atoms with Crippen LogP contribution < -0.4 is 14.4 Å². The number of anilines is 1. The lowest BCUT2D eigenvalue weighted by Crippen LogP contribution is -2.29. The molecular weight excluding hydrogens is 738 g/mol. The molecule has 5 aromatic rings. The number of ether oxygens (including phenoxy) is 2. The number of ketones is 1. The molecule has 1 atom stereocenters. The Bertz CT molecular complexity index is 2040. The number of thioether (sulfide) groups is 1. The van der Waals surface area contributed by atoms with Gasteiger partial charge in [0.05, 0.1) is 23.2 Å². The Labute approximate surface area is 297 Å². The molecule has 13 heteroatoms. The van der Waals surface area contributed by atoms with Gasteiger partial charge >= 0.3 is 5.91 Å². The molecule has 9 nitrogen and oxygen atoms in total. The Hall–Kier alpha value is -4.36. The van der Waals surface area contributed by atoms with Crippen LogP contribution in [-0.4, -0.2) is 39.2 Å². The van der Waals surface area contributed by atoms with Crippen molar-refractivity contribution in [2.24, 2.45) is 0 Å². The van der Waals surface area contributed by atoms with Gasteiger partial charge in [-0.3, -0.25) is 14.5 Å². The molecular formula is C35H27BrClN3O6S2. The van der Waals surface area contributed by atoms with Crippen molar-refractivity contribution in [1.29, 1.82) is 0 Å². The molecule has 1 aliphatic rings. The number of carbonyl (C=O) groups excluding carboxylic acids is 2. The van der Waals surface area contributed by atoms with Crippen LogP contribution in [0.2, 0.25) is 5.02 Å². The Morgan fingerprint density at radius 2 is 1.77 bits per heavy atom. The van der Waals surface area contributed by atoms with Crippen molar-refractivity contribution in [2.45, 2.75) is 29.7 Å². The van der Waals surface area contributed by atoms with Crippen molar-refractivity contribution in [3.63, 3.8) is 0 Å². The summed E-state index contributed by atoms with van der Waals surface area (Å²) in [6.07, 6.45) is 0. The van der Waals surface area contributed by atoms with Crippen LogP contribution in [0.3, 0.4) is 0 Å². The molecule has 244 valence electrons. The summed E-state index contributed by atoms with van der Waals surface area (Å²) in [4.78, 5) is 28.6. The van der Waals surface area contributed by atoms with Crippen molar-refractivity contribution >= 4 is 73.2 Å². The van der Waals surface area contributed by atoms with Crippen molar-refractivity contribution in [2.75, 3.05) is 12.0 Å². The minimum Gasteiger partial charge on any atom is -0.507 e. The van der Waals surface area contributed by atoms with E-state index >= 15 is 0 Å². The summed E-state index contributed by atoms with van der Waals surface area (Å²) in [6.45, 7) is 2.37. The normalized spacial score (nSPS) is 15.6. The lowest BCUT2D eigenvalue weighted by Gasteiger charge is -2.23. The first kappa shape index (κ1) is 33.5. The zero-order valence-electron chi connectivity index (χ0n) is 25.5. The van der Waals surface area contributed by atoms with Gasteiger partial charge in [-0.05, 0) is 88.1 Å². The summed E-state index contributed by atoms with van der Waals surface area (Å²) >= 11 is 11.9. The highest BCUT2D eigenvalue weighted by Crippen LogP contribution is 2.47. The second kappa shape index (κ2) is 14.4. The van der Waals surface area contributed by atoms with Gasteiger partial charge in [0.15, 0.2) is 15.8 Å².